The molecule has 0 aliphatic rings. The largest absolute Gasteiger partial charge is 0.491 e. The van der Waals surface area contributed by atoms with Gasteiger partial charge in [0.25, 0.3) is 0 Å². The van der Waals surface area contributed by atoms with Crippen molar-refractivity contribution in [2.45, 2.75) is 6.61 Å². The van der Waals surface area contributed by atoms with E-state index in [1.54, 1.807) is 12.1 Å². The summed E-state index contributed by atoms with van der Waals surface area (Å²) in [5.74, 6) is 0.685. The van der Waals surface area contributed by atoms with E-state index in [0.29, 0.717) is 50.4 Å². The van der Waals surface area contributed by atoms with Gasteiger partial charge in [-0.15, -0.1) is 0 Å². The number of halogens is 2. The topological polar surface area (TPSA) is 66.0 Å². The van der Waals surface area contributed by atoms with Crippen molar-refractivity contribution < 1.29 is 23.7 Å². The molecule has 6 nitrogen and oxygen atoms in total. The van der Waals surface area contributed by atoms with Gasteiger partial charge in [0.1, 0.15) is 19.0 Å². The molecule has 0 spiro atoms. The zero-order valence-electron chi connectivity index (χ0n) is 15.4. The highest BCUT2D eigenvalue weighted by Gasteiger charge is 2.02. The van der Waals surface area contributed by atoms with Crippen LogP contribution >= 0.6 is 27.5 Å². The maximum absolute atomic E-state index is 11.5. The van der Waals surface area contributed by atoms with Crippen molar-refractivity contribution in [3.8, 4) is 5.75 Å². The third-order valence-corrected chi connectivity index (χ3v) is 4.11. The molecule has 2 rings (SSSR count). The molecule has 0 saturated carbocycles. The normalized spacial score (nSPS) is 10.5. The zero-order chi connectivity index (χ0) is 20.0. The fourth-order valence-corrected chi connectivity index (χ4v) is 2.98. The molecule has 0 fully saturated rings. The van der Waals surface area contributed by atoms with E-state index in [0.717, 1.165) is 10.0 Å². The minimum atomic E-state index is -0.464. The van der Waals surface area contributed by atoms with Crippen LogP contribution in [0.3, 0.4) is 0 Å². The third-order valence-electron chi connectivity index (χ3n) is 3.43. The van der Waals surface area contributed by atoms with Crippen LogP contribution in [0.4, 0.5) is 4.79 Å². The number of carbonyl (C=O) groups excluding carboxylic acids is 1. The molecule has 0 radical (unpaired) electrons. The number of rotatable bonds is 12. The van der Waals surface area contributed by atoms with E-state index in [1.807, 2.05) is 36.4 Å². The lowest BCUT2D eigenvalue weighted by Gasteiger charge is -2.09. The first-order valence-corrected chi connectivity index (χ1v) is 9.99. The number of hydrogen-bond acceptors (Lipinski definition) is 5. The SMILES string of the molecule is O=C(NCCOCCOCCOc1cc(Cl)cc(Br)c1)OCc1ccccc1. The minimum Gasteiger partial charge on any atom is -0.491 e. The lowest BCUT2D eigenvalue weighted by atomic mass is 10.2. The Balaban J connectivity index is 1.40. The van der Waals surface area contributed by atoms with Crippen molar-refractivity contribution in [2.24, 2.45) is 0 Å². The van der Waals surface area contributed by atoms with Crippen LogP contribution in [0.2, 0.25) is 5.02 Å². The van der Waals surface area contributed by atoms with Gasteiger partial charge in [-0.3, -0.25) is 0 Å². The van der Waals surface area contributed by atoms with Crippen molar-refractivity contribution >= 4 is 33.6 Å². The maximum Gasteiger partial charge on any atom is 0.407 e. The molecule has 8 heteroatoms. The van der Waals surface area contributed by atoms with Gasteiger partial charge in [-0.05, 0) is 23.8 Å². The number of nitrogens with one attached hydrogen (secondary N) is 1. The summed E-state index contributed by atoms with van der Waals surface area (Å²) >= 11 is 9.31. The van der Waals surface area contributed by atoms with Gasteiger partial charge >= 0.3 is 6.09 Å². The molecule has 0 aliphatic heterocycles. The van der Waals surface area contributed by atoms with E-state index in [-0.39, 0.29) is 6.61 Å². The molecule has 0 saturated heterocycles. The Morgan fingerprint density at radius 2 is 1.68 bits per heavy atom. The highest BCUT2D eigenvalue weighted by molar-refractivity contribution is 9.10. The second-order valence-corrected chi connectivity index (χ2v) is 7.02. The molecule has 0 aliphatic carbocycles. The van der Waals surface area contributed by atoms with E-state index in [2.05, 4.69) is 21.2 Å². The van der Waals surface area contributed by atoms with Crippen molar-refractivity contribution in [1.29, 1.82) is 0 Å². The Hall–Kier alpha value is -1.80. The molecule has 0 aromatic heterocycles. The first-order chi connectivity index (χ1) is 13.6. The molecular weight excluding hydrogens is 450 g/mol. The van der Waals surface area contributed by atoms with E-state index in [1.165, 1.54) is 0 Å². The summed E-state index contributed by atoms with van der Waals surface area (Å²) in [6.07, 6.45) is -0.464. The molecule has 28 heavy (non-hydrogen) atoms. The lowest BCUT2D eigenvalue weighted by Crippen LogP contribution is -2.28. The molecule has 2 aromatic rings. The van der Waals surface area contributed by atoms with Crippen molar-refractivity contribution in [3.63, 3.8) is 0 Å². The van der Waals surface area contributed by atoms with Crippen molar-refractivity contribution in [3.05, 3.63) is 63.6 Å². The zero-order valence-corrected chi connectivity index (χ0v) is 17.7. The van der Waals surface area contributed by atoms with Crippen LogP contribution in [0.15, 0.2) is 53.0 Å². The molecule has 1 amide bonds. The van der Waals surface area contributed by atoms with E-state index in [9.17, 15) is 4.79 Å². The molecule has 0 bridgehead atoms. The van der Waals surface area contributed by atoms with Crippen molar-refractivity contribution in [2.75, 3.05) is 39.6 Å². The highest BCUT2D eigenvalue weighted by Crippen LogP contribution is 2.24. The molecule has 1 N–H and O–H groups in total. The summed E-state index contributed by atoms with van der Waals surface area (Å²) in [4.78, 5) is 11.5. The van der Waals surface area contributed by atoms with Crippen LogP contribution in [0.1, 0.15) is 5.56 Å². The predicted molar refractivity (Wildman–Crippen MR) is 111 cm³/mol. The van der Waals surface area contributed by atoms with Crippen LogP contribution in [0.25, 0.3) is 0 Å². The van der Waals surface area contributed by atoms with Crippen LogP contribution in [0, 0.1) is 0 Å². The number of benzene rings is 2. The molecular formula is C20H23BrClNO5. The highest BCUT2D eigenvalue weighted by atomic mass is 79.9. The lowest BCUT2D eigenvalue weighted by molar-refractivity contribution is 0.0369. The summed E-state index contributed by atoms with van der Waals surface area (Å²) in [6.45, 7) is 2.75. The van der Waals surface area contributed by atoms with Gasteiger partial charge in [-0.1, -0.05) is 57.9 Å². The second kappa shape index (κ2) is 13.4. The summed E-state index contributed by atoms with van der Waals surface area (Å²) in [5, 5.41) is 3.24. The van der Waals surface area contributed by atoms with Gasteiger partial charge in [0.05, 0.1) is 26.4 Å². The number of alkyl carbamates (subject to hydrolysis) is 1. The van der Waals surface area contributed by atoms with E-state index >= 15 is 0 Å². The van der Waals surface area contributed by atoms with Crippen LogP contribution < -0.4 is 10.1 Å². The summed E-state index contributed by atoms with van der Waals surface area (Å²) in [5.41, 5.74) is 0.943. The van der Waals surface area contributed by atoms with Gasteiger partial charge in [0.15, 0.2) is 0 Å². The fourth-order valence-electron chi connectivity index (χ4n) is 2.15. The number of ether oxygens (including phenoxy) is 4. The average molecular weight is 473 g/mol. The van der Waals surface area contributed by atoms with Crippen LogP contribution in [-0.2, 0) is 20.8 Å². The third kappa shape index (κ3) is 9.94. The fraction of sp³-hybridized carbons (Fsp3) is 0.350. The molecule has 0 unspecified atom stereocenters. The number of carbonyl (C=O) groups is 1. The number of amides is 1. The summed E-state index contributed by atoms with van der Waals surface area (Å²) in [6, 6.07) is 14.9. The van der Waals surface area contributed by atoms with E-state index < -0.39 is 6.09 Å². The smallest absolute Gasteiger partial charge is 0.407 e. The van der Waals surface area contributed by atoms with Gasteiger partial charge in [0.2, 0.25) is 0 Å². The molecule has 152 valence electrons. The van der Waals surface area contributed by atoms with Crippen LogP contribution in [-0.4, -0.2) is 45.7 Å². The first kappa shape index (κ1) is 22.5. The number of hydrogen-bond donors (Lipinski definition) is 1. The average Bonchev–Trinajstić information content (AvgIpc) is 2.68. The molecule has 0 heterocycles. The molecule has 0 atom stereocenters. The van der Waals surface area contributed by atoms with Gasteiger partial charge in [-0.2, -0.15) is 0 Å². The standard InChI is InChI=1S/C20H23BrClNO5/c21-17-12-18(22)14-19(13-17)27-11-10-26-9-8-25-7-6-23-20(24)28-15-16-4-2-1-3-5-16/h1-5,12-14H,6-11,15H2,(H,23,24). The second-order valence-electron chi connectivity index (χ2n) is 5.67. The first-order valence-electron chi connectivity index (χ1n) is 8.82. The summed E-state index contributed by atoms with van der Waals surface area (Å²) in [7, 11) is 0. The van der Waals surface area contributed by atoms with Gasteiger partial charge in [-0.25, -0.2) is 4.79 Å². The Kier molecular flexibility index (Phi) is 10.8. The van der Waals surface area contributed by atoms with E-state index in [4.69, 9.17) is 30.5 Å². The monoisotopic (exact) mass is 471 g/mol. The minimum absolute atomic E-state index is 0.246. The van der Waals surface area contributed by atoms with Crippen molar-refractivity contribution in [1.82, 2.24) is 5.32 Å². The quantitative estimate of drug-likeness (QED) is 0.463. The Labute approximate surface area is 178 Å². The molecule has 2 aromatic carbocycles. The summed E-state index contributed by atoms with van der Waals surface area (Å²) < 4.78 is 22.3. The van der Waals surface area contributed by atoms with Gasteiger partial charge < -0.3 is 24.3 Å². The maximum atomic E-state index is 11.5. The Morgan fingerprint density at radius 3 is 2.43 bits per heavy atom. The van der Waals surface area contributed by atoms with Gasteiger partial charge in [0, 0.05) is 16.0 Å². The Morgan fingerprint density at radius 1 is 0.964 bits per heavy atom. The predicted octanol–water partition coefficient (Wildman–Crippen LogP) is 4.44. The Bertz CT molecular complexity index is 697. The van der Waals surface area contributed by atoms with Crippen LogP contribution in [0.5, 0.6) is 5.75 Å².